The Bertz CT molecular complexity index is 1740. The number of allylic oxidation sites excluding steroid dienone is 5. The standard InChI is InChI=1S/C44H63F3N2O10/c1-23(2)38-28(7)35(57-40(52)31-15-17-32(18-16-31)43(48-49-43)44(45,46)47)22-42(54,59-38)30(9)37(51)29(8)39-33(55-10)14-12-13-24(3)19-26(5)36(50)27(6)20-25(4)21-34(56-11)41(53)58-39/h12-18,20-21,23,26-30,33,35-39,48-51,54H,19,22H2,1-11H3/b14-12+,24-13+,25-20+,34-21-/t26-,27+,28-,29-,30-,33-,35+,36-,37+,38+,39+,42+/m0/s1. The second-order valence-corrected chi connectivity index (χ2v) is 17.0. The molecule has 12 nitrogen and oxygen atoms in total. The Morgan fingerprint density at radius 1 is 1.02 bits per heavy atom. The Morgan fingerprint density at radius 3 is 2.19 bits per heavy atom. The van der Waals surface area contributed by atoms with Gasteiger partial charge in [-0.05, 0) is 55.9 Å². The Hall–Kier alpha value is -3.57. The number of cyclic esters (lactones) is 1. The van der Waals surface area contributed by atoms with E-state index in [1.54, 1.807) is 32.9 Å². The van der Waals surface area contributed by atoms with E-state index in [-0.39, 0.29) is 41.1 Å². The van der Waals surface area contributed by atoms with Gasteiger partial charge in [-0.2, -0.15) is 13.2 Å². The van der Waals surface area contributed by atoms with E-state index in [4.69, 9.17) is 23.7 Å². The summed E-state index contributed by atoms with van der Waals surface area (Å²) in [4.78, 5) is 27.2. The number of methoxy groups -OCH3 is 2. The number of hydrazine groups is 1. The molecule has 0 radical (unpaired) electrons. The molecular weight excluding hydrogens is 773 g/mol. The molecule has 0 aromatic heterocycles. The van der Waals surface area contributed by atoms with E-state index < -0.39 is 83.9 Å². The van der Waals surface area contributed by atoms with Crippen LogP contribution < -0.4 is 10.9 Å². The minimum absolute atomic E-state index is 0.0130. The Morgan fingerprint density at radius 2 is 1.64 bits per heavy atom. The Labute approximate surface area is 345 Å². The fourth-order valence-corrected chi connectivity index (χ4v) is 8.24. The van der Waals surface area contributed by atoms with Gasteiger partial charge in [0, 0.05) is 37.2 Å². The average molecular weight is 837 g/mol. The maximum Gasteiger partial charge on any atom is 0.426 e. The largest absolute Gasteiger partial charge is 0.490 e. The van der Waals surface area contributed by atoms with Crippen molar-refractivity contribution in [3.63, 3.8) is 0 Å². The van der Waals surface area contributed by atoms with Crippen LogP contribution in [0.3, 0.4) is 0 Å². The molecule has 0 amide bonds. The molecule has 0 aliphatic carbocycles. The molecular formula is C44H63F3N2O10. The number of carbonyl (C=O) groups excluding carboxylic acids is 2. The topological polar surface area (TPSA) is 185 Å². The van der Waals surface area contributed by atoms with Crippen LogP contribution in [0.25, 0.3) is 0 Å². The molecule has 0 spiro atoms. The van der Waals surface area contributed by atoms with Crippen LogP contribution in [0.4, 0.5) is 13.2 Å². The SMILES string of the molecule is CO/C1=C\C(C)=C\[C@@H](C)[C@@H](O)[C@@H](C)C/C(C)=C/C=C/[C@H](OC)[C@@H]([C@@H](C)[C@@H](O)[C@H](C)[C@@]2(O)C[C@@H](OC(=O)c3ccc(C4(C(F)(F)F)NN4)cc3)[C@H](C)[C@@H](C(C)C)O2)OC1=O. The number of rotatable bonds is 10. The highest BCUT2D eigenvalue weighted by Gasteiger charge is 2.65. The summed E-state index contributed by atoms with van der Waals surface area (Å²) >= 11 is 0. The number of halogens is 3. The van der Waals surface area contributed by atoms with Gasteiger partial charge in [-0.1, -0.05) is 96.0 Å². The van der Waals surface area contributed by atoms with E-state index in [9.17, 15) is 38.1 Å². The van der Waals surface area contributed by atoms with Crippen LogP contribution in [0.2, 0.25) is 0 Å². The molecule has 5 N–H and O–H groups in total. The van der Waals surface area contributed by atoms with Crippen LogP contribution in [0, 0.1) is 35.5 Å². The van der Waals surface area contributed by atoms with Crippen LogP contribution in [-0.2, 0) is 34.1 Å². The summed E-state index contributed by atoms with van der Waals surface area (Å²) in [7, 11) is 2.78. The predicted molar refractivity (Wildman–Crippen MR) is 214 cm³/mol. The van der Waals surface area contributed by atoms with Crippen LogP contribution in [-0.4, -0.2) is 90.1 Å². The summed E-state index contributed by atoms with van der Waals surface area (Å²) in [6.07, 6.45) is -1.08. The third kappa shape index (κ3) is 11.0. The van der Waals surface area contributed by atoms with Crippen LogP contribution >= 0.6 is 0 Å². The number of hydrogen-bond donors (Lipinski definition) is 5. The maximum atomic E-state index is 13.8. The number of carbonyl (C=O) groups is 2. The summed E-state index contributed by atoms with van der Waals surface area (Å²) in [5, 5.41) is 35.4. The molecule has 1 aromatic rings. The molecule has 59 heavy (non-hydrogen) atoms. The second-order valence-electron chi connectivity index (χ2n) is 17.0. The zero-order chi connectivity index (χ0) is 44.2. The first-order valence-electron chi connectivity index (χ1n) is 20.2. The van der Waals surface area contributed by atoms with Gasteiger partial charge in [-0.3, -0.25) is 0 Å². The first-order chi connectivity index (χ1) is 27.5. The quantitative estimate of drug-likeness (QED) is 0.130. The molecule has 0 bridgehead atoms. The lowest BCUT2D eigenvalue weighted by Crippen LogP contribution is -2.59. The van der Waals surface area contributed by atoms with Crippen molar-refractivity contribution in [3.8, 4) is 0 Å². The van der Waals surface area contributed by atoms with Gasteiger partial charge in [0.2, 0.25) is 11.4 Å². The van der Waals surface area contributed by atoms with Gasteiger partial charge in [0.15, 0.2) is 5.79 Å². The van der Waals surface area contributed by atoms with Crippen LogP contribution in [0.1, 0.15) is 91.1 Å². The normalized spacial score (nSPS) is 35.7. The molecule has 15 heteroatoms. The number of ether oxygens (including phenoxy) is 5. The van der Waals surface area contributed by atoms with E-state index in [0.717, 1.165) is 5.57 Å². The first-order valence-corrected chi connectivity index (χ1v) is 20.2. The van der Waals surface area contributed by atoms with E-state index >= 15 is 0 Å². The molecule has 3 aliphatic rings. The van der Waals surface area contributed by atoms with Gasteiger partial charge in [0.25, 0.3) is 0 Å². The number of aliphatic hydroxyl groups is 3. The van der Waals surface area contributed by atoms with Crippen molar-refractivity contribution in [1.82, 2.24) is 10.9 Å². The van der Waals surface area contributed by atoms with Crippen molar-refractivity contribution in [2.24, 2.45) is 35.5 Å². The van der Waals surface area contributed by atoms with Crippen molar-refractivity contribution in [1.29, 1.82) is 0 Å². The Kier molecular flexibility index (Phi) is 15.8. The smallest absolute Gasteiger partial charge is 0.426 e. The van der Waals surface area contributed by atoms with E-state index in [1.807, 2.05) is 53.7 Å². The highest BCUT2D eigenvalue weighted by atomic mass is 19.4. The number of nitrogens with one attached hydrogen (secondary N) is 2. The van der Waals surface area contributed by atoms with Gasteiger partial charge in [-0.15, -0.1) is 0 Å². The fourth-order valence-electron chi connectivity index (χ4n) is 8.24. The summed E-state index contributed by atoms with van der Waals surface area (Å²) in [6, 6.07) is 4.87. The third-order valence-corrected chi connectivity index (χ3v) is 12.1. The monoisotopic (exact) mass is 836 g/mol. The molecule has 3 aliphatic heterocycles. The van der Waals surface area contributed by atoms with E-state index in [1.165, 1.54) is 44.6 Å². The second kappa shape index (κ2) is 19.4. The molecule has 0 unspecified atom stereocenters. The molecule has 1 aromatic carbocycles. The lowest BCUT2D eigenvalue weighted by Gasteiger charge is -2.50. The molecule has 330 valence electrons. The average Bonchev–Trinajstić information content (AvgIpc) is 4.00. The van der Waals surface area contributed by atoms with Gasteiger partial charge in [-0.25, -0.2) is 20.4 Å². The number of benzene rings is 1. The lowest BCUT2D eigenvalue weighted by atomic mass is 9.76. The molecule has 3 heterocycles. The minimum atomic E-state index is -4.61. The van der Waals surface area contributed by atoms with Crippen molar-refractivity contribution < 1.29 is 61.8 Å². The summed E-state index contributed by atoms with van der Waals surface area (Å²) in [5.41, 5.74) is 3.43. The Balaban J connectivity index is 1.63. The number of hydrogen-bond acceptors (Lipinski definition) is 12. The first kappa shape index (κ1) is 48.1. The van der Waals surface area contributed by atoms with Crippen molar-refractivity contribution in [2.75, 3.05) is 14.2 Å². The zero-order valence-corrected chi connectivity index (χ0v) is 35.9. The van der Waals surface area contributed by atoms with Gasteiger partial charge >= 0.3 is 18.1 Å². The predicted octanol–water partition coefficient (Wildman–Crippen LogP) is 6.38. The van der Waals surface area contributed by atoms with E-state index in [2.05, 4.69) is 10.9 Å². The van der Waals surface area contributed by atoms with Gasteiger partial charge < -0.3 is 39.0 Å². The molecule has 4 rings (SSSR count). The molecule has 2 saturated heterocycles. The molecule has 0 saturated carbocycles. The van der Waals surface area contributed by atoms with Crippen LogP contribution in [0.5, 0.6) is 0 Å². The zero-order valence-electron chi connectivity index (χ0n) is 35.9. The molecule has 12 atom stereocenters. The number of aliphatic hydroxyl groups excluding tert-OH is 2. The minimum Gasteiger partial charge on any atom is -0.490 e. The van der Waals surface area contributed by atoms with Crippen LogP contribution in [0.15, 0.2) is 71.6 Å². The van der Waals surface area contributed by atoms with Crippen molar-refractivity contribution >= 4 is 11.9 Å². The number of alkyl halides is 3. The maximum absolute atomic E-state index is 13.8. The summed E-state index contributed by atoms with van der Waals surface area (Å²) in [5.74, 6) is -6.63. The highest BCUT2D eigenvalue weighted by Crippen LogP contribution is 2.44. The van der Waals surface area contributed by atoms with Crippen molar-refractivity contribution in [2.45, 2.75) is 129 Å². The lowest BCUT2D eigenvalue weighted by molar-refractivity contribution is -0.328. The highest BCUT2D eigenvalue weighted by molar-refractivity contribution is 5.89. The molecule has 2 fully saturated rings. The fraction of sp³-hybridized carbons (Fsp3) is 0.636. The third-order valence-electron chi connectivity index (χ3n) is 12.1. The number of esters is 2. The van der Waals surface area contributed by atoms with Gasteiger partial charge in [0.1, 0.15) is 18.3 Å². The summed E-state index contributed by atoms with van der Waals surface area (Å²) < 4.78 is 70.5. The summed E-state index contributed by atoms with van der Waals surface area (Å²) in [6.45, 7) is 16.5. The van der Waals surface area contributed by atoms with Crippen molar-refractivity contribution in [3.05, 3.63) is 82.7 Å². The van der Waals surface area contributed by atoms with Gasteiger partial charge in [0.05, 0.1) is 31.0 Å². The van der Waals surface area contributed by atoms with E-state index in [0.29, 0.717) is 12.0 Å².